The van der Waals surface area contributed by atoms with Gasteiger partial charge < -0.3 is 14.2 Å². The van der Waals surface area contributed by atoms with Crippen molar-refractivity contribution in [3.63, 3.8) is 0 Å². The van der Waals surface area contributed by atoms with E-state index in [-0.39, 0.29) is 19.1 Å². The van der Waals surface area contributed by atoms with Crippen LogP contribution in [0.3, 0.4) is 0 Å². The Morgan fingerprint density at radius 3 is 2.56 bits per heavy atom. The highest BCUT2D eigenvalue weighted by atomic mass is 35.5. The Morgan fingerprint density at radius 1 is 1.16 bits per heavy atom. The van der Waals surface area contributed by atoms with Crippen LogP contribution in [-0.2, 0) is 11.2 Å². The molecule has 9 heteroatoms. The molecule has 168 valence electrons. The molecule has 0 saturated carbocycles. The first-order valence-electron chi connectivity index (χ1n) is 9.58. The monoisotopic (exact) mass is 509 g/mol. The molecule has 0 unspecified atom stereocenters. The highest BCUT2D eigenvalue weighted by molar-refractivity contribution is 8.26. The van der Waals surface area contributed by atoms with E-state index in [1.807, 2.05) is 24.3 Å². The van der Waals surface area contributed by atoms with E-state index in [0.717, 1.165) is 12.0 Å². The summed E-state index contributed by atoms with van der Waals surface area (Å²) in [5.74, 6) is 1.47. The molecule has 5 nitrogen and oxygen atoms in total. The Labute approximate surface area is 206 Å². The minimum Gasteiger partial charge on any atom is -0.493 e. The summed E-state index contributed by atoms with van der Waals surface area (Å²) < 4.78 is 17.6. The molecule has 0 bridgehead atoms. The standard InChI is InChI=1S/C23H21Cl2NO4S2/c1-4-5-14-6-7-18(19(10-14)28-3)29-8-9-30-21-15(11-16(24)13-17(21)25)12-20-22(27)26(2)23(31)32-20/h4,6-7,10-13H,1,5,8-9H2,2-3H3/b20-12+. The maximum Gasteiger partial charge on any atom is 0.265 e. The van der Waals surface area contributed by atoms with Crippen LogP contribution in [0, 0.1) is 0 Å². The summed E-state index contributed by atoms with van der Waals surface area (Å²) in [5, 5.41) is 0.767. The number of halogens is 2. The zero-order chi connectivity index (χ0) is 23.3. The number of carbonyl (C=O) groups excluding carboxylic acids is 1. The van der Waals surface area contributed by atoms with E-state index in [9.17, 15) is 4.79 Å². The molecular weight excluding hydrogens is 489 g/mol. The van der Waals surface area contributed by atoms with Gasteiger partial charge >= 0.3 is 0 Å². The molecular formula is C23H21Cl2NO4S2. The van der Waals surface area contributed by atoms with Gasteiger partial charge in [0, 0.05) is 17.6 Å². The lowest BCUT2D eigenvalue weighted by atomic mass is 10.1. The van der Waals surface area contributed by atoms with Crippen LogP contribution in [-0.4, -0.2) is 42.5 Å². The molecule has 0 radical (unpaired) electrons. The van der Waals surface area contributed by atoms with Crippen LogP contribution in [0.4, 0.5) is 0 Å². The van der Waals surface area contributed by atoms with Gasteiger partial charge in [-0.15, -0.1) is 6.58 Å². The third-order valence-electron chi connectivity index (χ3n) is 4.51. The number of nitrogens with zero attached hydrogens (tertiary/aromatic N) is 1. The molecule has 1 aliphatic heterocycles. The third-order valence-corrected chi connectivity index (χ3v) is 6.49. The lowest BCUT2D eigenvalue weighted by Gasteiger charge is -2.14. The van der Waals surface area contributed by atoms with Gasteiger partial charge in [0.2, 0.25) is 0 Å². The van der Waals surface area contributed by atoms with E-state index in [1.165, 1.54) is 16.7 Å². The number of hydrogen-bond donors (Lipinski definition) is 0. The van der Waals surface area contributed by atoms with E-state index in [0.29, 0.717) is 42.1 Å². The van der Waals surface area contributed by atoms with E-state index in [4.69, 9.17) is 49.6 Å². The lowest BCUT2D eigenvalue weighted by molar-refractivity contribution is -0.121. The van der Waals surface area contributed by atoms with Crippen molar-refractivity contribution in [3.05, 3.63) is 69.1 Å². The minimum absolute atomic E-state index is 0.183. The topological polar surface area (TPSA) is 48.0 Å². The van der Waals surface area contributed by atoms with Gasteiger partial charge in [0.25, 0.3) is 5.91 Å². The fourth-order valence-electron chi connectivity index (χ4n) is 2.95. The van der Waals surface area contributed by atoms with Crippen molar-refractivity contribution < 1.29 is 19.0 Å². The van der Waals surface area contributed by atoms with Crippen molar-refractivity contribution >= 4 is 63.5 Å². The highest BCUT2D eigenvalue weighted by Crippen LogP contribution is 2.38. The van der Waals surface area contributed by atoms with Crippen LogP contribution in [0.15, 0.2) is 47.9 Å². The Kier molecular flexibility index (Phi) is 8.48. The van der Waals surface area contributed by atoms with Crippen molar-refractivity contribution in [1.29, 1.82) is 0 Å². The number of thioether (sulfide) groups is 1. The Balaban J connectivity index is 1.71. The maximum absolute atomic E-state index is 12.3. The lowest BCUT2D eigenvalue weighted by Crippen LogP contribution is -2.22. The highest BCUT2D eigenvalue weighted by Gasteiger charge is 2.29. The quantitative estimate of drug-likeness (QED) is 0.178. The van der Waals surface area contributed by atoms with Crippen molar-refractivity contribution in [2.45, 2.75) is 6.42 Å². The van der Waals surface area contributed by atoms with Gasteiger partial charge in [-0.2, -0.15) is 0 Å². The number of amides is 1. The van der Waals surface area contributed by atoms with E-state index < -0.39 is 0 Å². The minimum atomic E-state index is -0.183. The van der Waals surface area contributed by atoms with E-state index >= 15 is 0 Å². The zero-order valence-electron chi connectivity index (χ0n) is 17.5. The average molecular weight is 510 g/mol. The summed E-state index contributed by atoms with van der Waals surface area (Å²) in [6.07, 6.45) is 4.25. The number of thiocarbonyl (C=S) groups is 1. The Hall–Kier alpha value is -2.19. The molecule has 1 fully saturated rings. The van der Waals surface area contributed by atoms with Gasteiger partial charge in [-0.25, -0.2) is 0 Å². The van der Waals surface area contributed by atoms with Gasteiger partial charge in [0.15, 0.2) is 11.5 Å². The van der Waals surface area contributed by atoms with Gasteiger partial charge in [-0.05, 0) is 42.3 Å². The van der Waals surface area contributed by atoms with Crippen LogP contribution < -0.4 is 14.2 Å². The predicted octanol–water partition coefficient (Wildman–Crippen LogP) is 6.02. The summed E-state index contributed by atoms with van der Waals surface area (Å²) in [6.45, 7) is 4.22. The molecule has 1 aliphatic rings. The molecule has 0 aliphatic carbocycles. The molecule has 1 amide bonds. The van der Waals surface area contributed by atoms with Crippen LogP contribution >= 0.6 is 47.2 Å². The zero-order valence-corrected chi connectivity index (χ0v) is 20.7. The number of likely N-dealkylation sites (N-methyl/N-ethyl adjacent to an activating group) is 1. The smallest absolute Gasteiger partial charge is 0.265 e. The molecule has 2 aromatic carbocycles. The van der Waals surface area contributed by atoms with Crippen LogP contribution in [0.1, 0.15) is 11.1 Å². The average Bonchev–Trinajstić information content (AvgIpc) is 2.99. The number of allylic oxidation sites excluding steroid dienone is 1. The number of benzene rings is 2. The summed E-state index contributed by atoms with van der Waals surface area (Å²) in [5.41, 5.74) is 1.67. The molecule has 0 spiro atoms. The van der Waals surface area contributed by atoms with Gasteiger partial charge in [0.1, 0.15) is 23.3 Å². The fraction of sp³-hybridized carbons (Fsp3) is 0.217. The molecule has 2 aromatic rings. The van der Waals surface area contributed by atoms with Crippen LogP contribution in [0.5, 0.6) is 17.2 Å². The van der Waals surface area contributed by atoms with E-state index in [2.05, 4.69) is 6.58 Å². The molecule has 32 heavy (non-hydrogen) atoms. The third kappa shape index (κ3) is 5.78. The van der Waals surface area contributed by atoms with Gasteiger partial charge in [0.05, 0.1) is 17.0 Å². The second kappa shape index (κ2) is 11.1. The summed E-state index contributed by atoms with van der Waals surface area (Å²) >= 11 is 18.9. The van der Waals surface area contributed by atoms with Crippen molar-refractivity contribution in [1.82, 2.24) is 4.90 Å². The van der Waals surface area contributed by atoms with Crippen molar-refractivity contribution in [2.24, 2.45) is 0 Å². The Bertz CT molecular complexity index is 1090. The van der Waals surface area contributed by atoms with Gasteiger partial charge in [-0.3, -0.25) is 9.69 Å². The molecule has 0 aromatic heterocycles. The summed E-state index contributed by atoms with van der Waals surface area (Å²) in [4.78, 5) is 14.2. The first-order chi connectivity index (χ1) is 15.3. The predicted molar refractivity (Wildman–Crippen MR) is 135 cm³/mol. The van der Waals surface area contributed by atoms with Crippen LogP contribution in [0.25, 0.3) is 6.08 Å². The number of ether oxygens (including phenoxy) is 3. The van der Waals surface area contributed by atoms with E-state index in [1.54, 1.807) is 32.4 Å². The van der Waals surface area contributed by atoms with Crippen molar-refractivity contribution in [3.8, 4) is 17.2 Å². The number of hydrogen-bond acceptors (Lipinski definition) is 6. The summed E-state index contributed by atoms with van der Waals surface area (Å²) in [6, 6.07) is 9.00. The molecule has 3 rings (SSSR count). The van der Waals surface area contributed by atoms with Crippen molar-refractivity contribution in [2.75, 3.05) is 27.4 Å². The number of carbonyl (C=O) groups is 1. The normalized spacial score (nSPS) is 14.8. The largest absolute Gasteiger partial charge is 0.493 e. The molecule has 0 N–H and O–H groups in total. The SMILES string of the molecule is C=CCc1ccc(OCCOc2c(Cl)cc(Cl)cc2/C=C2/SC(=S)N(C)C2=O)c(OC)c1. The second-order valence-corrected chi connectivity index (χ2v) is 9.24. The first-order valence-corrected chi connectivity index (χ1v) is 11.6. The summed E-state index contributed by atoms with van der Waals surface area (Å²) in [7, 11) is 3.23. The van der Waals surface area contributed by atoms with Crippen LogP contribution in [0.2, 0.25) is 10.0 Å². The molecule has 1 saturated heterocycles. The van der Waals surface area contributed by atoms with Gasteiger partial charge in [-0.1, -0.05) is 59.3 Å². The fourth-order valence-corrected chi connectivity index (χ4v) is 4.68. The number of methoxy groups -OCH3 is 1. The molecule has 0 atom stereocenters. The second-order valence-electron chi connectivity index (χ2n) is 6.72. The first kappa shape index (κ1) is 24.5. The number of rotatable bonds is 9. The molecule has 1 heterocycles. The Morgan fingerprint density at radius 2 is 1.91 bits per heavy atom. The maximum atomic E-state index is 12.3.